The van der Waals surface area contributed by atoms with Crippen LogP contribution in [0.15, 0.2) is 29.4 Å². The summed E-state index contributed by atoms with van der Waals surface area (Å²) in [4.78, 5) is 20.2. The summed E-state index contributed by atoms with van der Waals surface area (Å²) < 4.78 is 19.2. The average Bonchev–Trinajstić information content (AvgIpc) is 3.11. The van der Waals surface area contributed by atoms with E-state index in [1.165, 1.54) is 12.1 Å². The molecule has 0 spiro atoms. The molecule has 0 unspecified atom stereocenters. The number of halogens is 1. The van der Waals surface area contributed by atoms with Crippen molar-refractivity contribution < 1.29 is 18.8 Å². The molecular formula is C18H21FN2O3. The third-order valence-electron chi connectivity index (χ3n) is 5.12. The highest BCUT2D eigenvalue weighted by Gasteiger charge is 2.41. The second-order valence-electron chi connectivity index (χ2n) is 6.64. The first kappa shape index (κ1) is 15.6. The maximum atomic E-state index is 13.4. The van der Waals surface area contributed by atoms with Crippen molar-refractivity contribution in [1.82, 2.24) is 4.90 Å². The molecule has 128 valence electrons. The van der Waals surface area contributed by atoms with Gasteiger partial charge in [0.2, 0.25) is 6.10 Å². The smallest absolute Gasteiger partial charge is 0.267 e. The van der Waals surface area contributed by atoms with Gasteiger partial charge in [-0.05, 0) is 25.0 Å². The number of oxime groups is 1. The van der Waals surface area contributed by atoms with Crippen LogP contribution >= 0.6 is 0 Å². The van der Waals surface area contributed by atoms with Gasteiger partial charge < -0.3 is 14.5 Å². The summed E-state index contributed by atoms with van der Waals surface area (Å²) in [7, 11) is 0. The number of hydrogen-bond acceptors (Lipinski definition) is 4. The van der Waals surface area contributed by atoms with E-state index in [1.54, 1.807) is 12.1 Å². The summed E-state index contributed by atoms with van der Waals surface area (Å²) >= 11 is 0. The van der Waals surface area contributed by atoms with Crippen LogP contribution in [-0.2, 0) is 14.4 Å². The number of amides is 1. The van der Waals surface area contributed by atoms with E-state index in [-0.39, 0.29) is 23.9 Å². The van der Waals surface area contributed by atoms with Gasteiger partial charge in [0, 0.05) is 18.5 Å². The molecule has 24 heavy (non-hydrogen) atoms. The van der Waals surface area contributed by atoms with E-state index >= 15 is 0 Å². The molecule has 0 radical (unpaired) electrons. The Kier molecular flexibility index (Phi) is 4.22. The lowest BCUT2D eigenvalue weighted by Crippen LogP contribution is -2.57. The fourth-order valence-electron chi connectivity index (χ4n) is 3.90. The van der Waals surface area contributed by atoms with E-state index in [2.05, 4.69) is 5.16 Å². The number of carbonyl (C=O) groups excluding carboxylic acids is 1. The number of fused-ring (bicyclic) bond motifs is 1. The molecule has 1 amide bonds. The number of rotatable bonds is 2. The Morgan fingerprint density at radius 3 is 3.04 bits per heavy atom. The highest BCUT2D eigenvalue weighted by molar-refractivity contribution is 6.04. The SMILES string of the molecule is O=C([C@@H]1CC(c2cccc(F)c2)=NO1)N1CCO[C@H]2CCCC[C@@H]21. The minimum absolute atomic E-state index is 0.0228. The molecule has 4 rings (SSSR count). The first-order chi connectivity index (χ1) is 11.7. The fourth-order valence-corrected chi connectivity index (χ4v) is 3.90. The molecule has 1 saturated carbocycles. The van der Waals surface area contributed by atoms with Gasteiger partial charge in [-0.15, -0.1) is 0 Å². The standard InChI is InChI=1S/C18H21FN2O3/c19-13-5-3-4-12(10-13)14-11-17(24-20-14)18(22)21-8-9-23-16-7-2-1-6-15(16)21/h3-5,10,15-17H,1-2,6-9,11H2/t15-,16-,17-/m0/s1. The number of benzene rings is 1. The van der Waals surface area contributed by atoms with Crippen LogP contribution in [0.5, 0.6) is 0 Å². The van der Waals surface area contributed by atoms with Crippen LogP contribution in [0.25, 0.3) is 0 Å². The lowest BCUT2D eigenvalue weighted by Gasteiger charge is -2.44. The predicted octanol–water partition coefficient (Wildman–Crippen LogP) is 2.49. The Labute approximate surface area is 140 Å². The van der Waals surface area contributed by atoms with Crippen LogP contribution in [0.4, 0.5) is 4.39 Å². The third kappa shape index (κ3) is 2.90. The van der Waals surface area contributed by atoms with Crippen molar-refractivity contribution in [2.24, 2.45) is 5.16 Å². The average molecular weight is 332 g/mol. The molecule has 6 heteroatoms. The molecule has 5 nitrogen and oxygen atoms in total. The number of ether oxygens (including phenoxy) is 1. The van der Waals surface area contributed by atoms with Crippen molar-refractivity contribution in [3.8, 4) is 0 Å². The lowest BCUT2D eigenvalue weighted by molar-refractivity contribution is -0.159. The summed E-state index contributed by atoms with van der Waals surface area (Å²) in [5.41, 5.74) is 1.30. The summed E-state index contributed by atoms with van der Waals surface area (Å²) in [6.07, 6.45) is 4.23. The third-order valence-corrected chi connectivity index (χ3v) is 5.12. The second-order valence-corrected chi connectivity index (χ2v) is 6.64. The quantitative estimate of drug-likeness (QED) is 0.836. The molecule has 0 aromatic heterocycles. The van der Waals surface area contributed by atoms with Gasteiger partial charge >= 0.3 is 0 Å². The van der Waals surface area contributed by atoms with Crippen LogP contribution in [0.1, 0.15) is 37.7 Å². The van der Waals surface area contributed by atoms with E-state index in [9.17, 15) is 9.18 Å². The zero-order valence-electron chi connectivity index (χ0n) is 13.5. The molecule has 3 atom stereocenters. The molecule has 0 N–H and O–H groups in total. The van der Waals surface area contributed by atoms with Crippen molar-refractivity contribution in [1.29, 1.82) is 0 Å². The van der Waals surface area contributed by atoms with Gasteiger partial charge in [0.05, 0.1) is 24.5 Å². The largest absolute Gasteiger partial charge is 0.382 e. The molecule has 1 aromatic rings. The van der Waals surface area contributed by atoms with Crippen molar-refractivity contribution in [3.05, 3.63) is 35.6 Å². The molecule has 0 bridgehead atoms. The zero-order valence-corrected chi connectivity index (χ0v) is 13.5. The first-order valence-corrected chi connectivity index (χ1v) is 8.63. The van der Waals surface area contributed by atoms with Crippen LogP contribution in [0.2, 0.25) is 0 Å². The normalized spacial score (nSPS) is 29.6. The maximum absolute atomic E-state index is 13.4. The van der Waals surface area contributed by atoms with Gasteiger partial charge in [0.15, 0.2) is 0 Å². The lowest BCUT2D eigenvalue weighted by atomic mass is 9.89. The van der Waals surface area contributed by atoms with Crippen LogP contribution in [0.3, 0.4) is 0 Å². The highest BCUT2D eigenvalue weighted by Crippen LogP contribution is 2.30. The van der Waals surface area contributed by atoms with Crippen molar-refractivity contribution in [2.45, 2.75) is 50.4 Å². The topological polar surface area (TPSA) is 51.1 Å². The van der Waals surface area contributed by atoms with E-state index < -0.39 is 6.10 Å². The maximum Gasteiger partial charge on any atom is 0.267 e. The number of hydrogen-bond donors (Lipinski definition) is 0. The van der Waals surface area contributed by atoms with E-state index in [4.69, 9.17) is 9.57 Å². The number of carbonyl (C=O) groups is 1. The monoisotopic (exact) mass is 332 g/mol. The molecule has 2 fully saturated rings. The van der Waals surface area contributed by atoms with Crippen molar-refractivity contribution in [3.63, 3.8) is 0 Å². The van der Waals surface area contributed by atoms with Crippen LogP contribution in [-0.4, -0.2) is 47.9 Å². The molecule has 2 heterocycles. The predicted molar refractivity (Wildman–Crippen MR) is 86.1 cm³/mol. The van der Waals surface area contributed by atoms with E-state index in [1.807, 2.05) is 4.90 Å². The van der Waals surface area contributed by atoms with Gasteiger partial charge in [-0.1, -0.05) is 30.1 Å². The van der Waals surface area contributed by atoms with Gasteiger partial charge in [0.25, 0.3) is 5.91 Å². The minimum Gasteiger partial charge on any atom is -0.382 e. The molecule has 1 saturated heterocycles. The first-order valence-electron chi connectivity index (χ1n) is 8.63. The molecule has 3 aliphatic rings. The zero-order chi connectivity index (χ0) is 16.5. The van der Waals surface area contributed by atoms with E-state index in [0.717, 1.165) is 25.7 Å². The van der Waals surface area contributed by atoms with Crippen molar-refractivity contribution in [2.75, 3.05) is 13.2 Å². The Hall–Kier alpha value is -1.95. The fraction of sp³-hybridized carbons (Fsp3) is 0.556. The van der Waals surface area contributed by atoms with Gasteiger partial charge in [-0.3, -0.25) is 4.79 Å². The van der Waals surface area contributed by atoms with Crippen molar-refractivity contribution >= 4 is 11.6 Å². The summed E-state index contributed by atoms with van der Waals surface area (Å²) in [5, 5.41) is 4.02. The summed E-state index contributed by atoms with van der Waals surface area (Å²) in [5.74, 6) is -0.339. The minimum atomic E-state index is -0.607. The highest BCUT2D eigenvalue weighted by atomic mass is 19.1. The van der Waals surface area contributed by atoms with Gasteiger partial charge in [-0.25, -0.2) is 4.39 Å². The summed E-state index contributed by atoms with van der Waals surface area (Å²) in [6.45, 7) is 1.19. The Morgan fingerprint density at radius 1 is 1.29 bits per heavy atom. The van der Waals surface area contributed by atoms with Crippen LogP contribution < -0.4 is 0 Å². The van der Waals surface area contributed by atoms with E-state index in [0.29, 0.717) is 30.8 Å². The van der Waals surface area contributed by atoms with Gasteiger partial charge in [0.1, 0.15) is 5.82 Å². The summed E-state index contributed by atoms with van der Waals surface area (Å²) in [6, 6.07) is 6.38. The molecule has 1 aliphatic carbocycles. The van der Waals surface area contributed by atoms with Gasteiger partial charge in [-0.2, -0.15) is 0 Å². The Morgan fingerprint density at radius 2 is 2.17 bits per heavy atom. The van der Waals surface area contributed by atoms with Crippen LogP contribution in [0, 0.1) is 5.82 Å². The Bertz CT molecular complexity index is 661. The number of morpholine rings is 1. The molecule has 1 aromatic carbocycles. The Balaban J connectivity index is 1.44. The second kappa shape index (κ2) is 6.51. The molecular weight excluding hydrogens is 311 g/mol. The number of nitrogens with zero attached hydrogens (tertiary/aromatic N) is 2. The molecule has 2 aliphatic heterocycles.